The Kier molecular flexibility index (Phi) is 7.85. The van der Waals surface area contributed by atoms with Crippen molar-refractivity contribution in [3.63, 3.8) is 0 Å². The van der Waals surface area contributed by atoms with Crippen molar-refractivity contribution in [2.45, 2.75) is 77.3 Å². The largest absolute Gasteiger partial charge is 0.319 e. The fraction of sp³-hybridized carbons (Fsp3) is 0.875. The lowest BCUT2D eigenvalue weighted by atomic mass is 10.5. The molecule has 0 amide bonds. The summed E-state index contributed by atoms with van der Waals surface area (Å²) in [6.45, 7) is 24.7. The van der Waals surface area contributed by atoms with Crippen LogP contribution in [0.15, 0.2) is 12.3 Å². The number of nitrogens with one attached hydrogen (secondary N) is 1. The van der Waals surface area contributed by atoms with Gasteiger partial charge in [0.1, 0.15) is 0 Å². The first kappa shape index (κ1) is 19.1. The molecule has 0 aromatic heterocycles. The molecule has 0 saturated carbocycles. The highest BCUT2D eigenvalue weighted by molar-refractivity contribution is 6.83. The predicted molar refractivity (Wildman–Crippen MR) is 96.4 cm³/mol. The van der Waals surface area contributed by atoms with Gasteiger partial charge in [-0.1, -0.05) is 71.3 Å². The average Bonchev–Trinajstić information content (AvgIpc) is 2.27. The van der Waals surface area contributed by atoms with Gasteiger partial charge in [-0.05, 0) is 18.8 Å². The molecule has 1 N–H and O–H groups in total. The Morgan fingerprint density at radius 1 is 0.947 bits per heavy atom. The number of rotatable bonds is 9. The third-order valence-corrected chi connectivity index (χ3v) is 14.9. The minimum Gasteiger partial charge on any atom is -0.319 e. The van der Waals surface area contributed by atoms with Crippen LogP contribution in [0.2, 0.25) is 35.8 Å². The van der Waals surface area contributed by atoms with E-state index in [0.717, 1.165) is 16.6 Å². The Morgan fingerprint density at radius 2 is 1.37 bits per heavy atom. The SMILES string of the molecule is C=C[Si](C)(C)CNCC[Si](C(C)C)(C(C)C)C(C)C. The van der Waals surface area contributed by atoms with Crippen LogP contribution < -0.4 is 5.32 Å². The van der Waals surface area contributed by atoms with Gasteiger partial charge in [-0.15, -0.1) is 12.3 Å². The minimum atomic E-state index is -1.21. The Labute approximate surface area is 124 Å². The molecule has 0 heterocycles. The van der Waals surface area contributed by atoms with E-state index in [-0.39, 0.29) is 0 Å². The molecule has 0 aliphatic heterocycles. The lowest BCUT2D eigenvalue weighted by Crippen LogP contribution is -2.47. The Bertz CT molecular complexity index is 248. The molecule has 0 aromatic carbocycles. The average molecular weight is 300 g/mol. The fourth-order valence-electron chi connectivity index (χ4n) is 3.65. The second kappa shape index (κ2) is 7.79. The van der Waals surface area contributed by atoms with Crippen LogP contribution in [0.25, 0.3) is 0 Å². The second-order valence-corrected chi connectivity index (χ2v) is 18.6. The van der Waals surface area contributed by atoms with Crippen LogP contribution >= 0.6 is 0 Å². The first-order valence-corrected chi connectivity index (χ1v) is 13.7. The molecule has 3 heteroatoms. The van der Waals surface area contributed by atoms with Crippen LogP contribution in [0, 0.1) is 0 Å². The van der Waals surface area contributed by atoms with E-state index in [1.807, 2.05) is 0 Å². The van der Waals surface area contributed by atoms with Crippen LogP contribution in [0.4, 0.5) is 0 Å². The highest BCUT2D eigenvalue weighted by atomic mass is 28.3. The Morgan fingerprint density at radius 3 is 1.68 bits per heavy atom. The summed E-state index contributed by atoms with van der Waals surface area (Å²) < 4.78 is 0. The van der Waals surface area contributed by atoms with Gasteiger partial charge in [-0.25, -0.2) is 0 Å². The Hall–Kier alpha value is 0.134. The van der Waals surface area contributed by atoms with Gasteiger partial charge < -0.3 is 5.32 Å². The quantitative estimate of drug-likeness (QED) is 0.454. The topological polar surface area (TPSA) is 12.0 Å². The molecule has 19 heavy (non-hydrogen) atoms. The zero-order valence-electron chi connectivity index (χ0n) is 14.6. The molecule has 0 aliphatic carbocycles. The molecule has 0 rings (SSSR count). The summed E-state index contributed by atoms with van der Waals surface area (Å²) in [7, 11) is -2.39. The molecule has 0 atom stereocenters. The van der Waals surface area contributed by atoms with Crippen LogP contribution in [0.3, 0.4) is 0 Å². The highest BCUT2D eigenvalue weighted by Crippen LogP contribution is 2.44. The summed E-state index contributed by atoms with van der Waals surface area (Å²) in [4.78, 5) is 0. The Balaban J connectivity index is 4.57. The molecular weight excluding hydrogens is 262 g/mol. The van der Waals surface area contributed by atoms with Gasteiger partial charge in [-0.3, -0.25) is 0 Å². The standard InChI is InChI=1S/C16H37NSi2/c1-10-18(8,9)13-17-11-12-19(14(2)3,15(4)5)16(6)7/h10,14-17H,1,11-13H2,2-9H3. The summed E-state index contributed by atoms with van der Waals surface area (Å²) in [6.07, 6.45) is 1.18. The van der Waals surface area contributed by atoms with E-state index in [2.05, 4.69) is 72.2 Å². The van der Waals surface area contributed by atoms with Crippen LogP contribution in [-0.2, 0) is 0 Å². The first-order chi connectivity index (χ1) is 8.60. The first-order valence-electron chi connectivity index (χ1n) is 7.94. The minimum absolute atomic E-state index is 0.874. The molecule has 1 nitrogen and oxygen atoms in total. The molecular formula is C16H37NSi2. The molecule has 0 aromatic rings. The maximum absolute atomic E-state index is 3.97. The normalized spacial score (nSPS) is 13.6. The van der Waals surface area contributed by atoms with Crippen molar-refractivity contribution in [3.8, 4) is 0 Å². The van der Waals surface area contributed by atoms with Gasteiger partial charge in [0.25, 0.3) is 0 Å². The van der Waals surface area contributed by atoms with Crippen molar-refractivity contribution in [2.75, 3.05) is 12.7 Å². The summed E-state index contributed by atoms with van der Waals surface area (Å²) in [5.74, 6) is 0. The highest BCUT2D eigenvalue weighted by Gasteiger charge is 2.41. The lowest BCUT2D eigenvalue weighted by molar-refractivity contribution is 0.744. The van der Waals surface area contributed by atoms with Gasteiger partial charge in [0.2, 0.25) is 0 Å². The third-order valence-electron chi connectivity index (χ3n) is 5.09. The van der Waals surface area contributed by atoms with E-state index in [1.165, 1.54) is 18.8 Å². The number of hydrogen-bond acceptors (Lipinski definition) is 1. The van der Waals surface area contributed by atoms with Crippen LogP contribution in [-0.4, -0.2) is 28.9 Å². The van der Waals surface area contributed by atoms with Gasteiger partial charge in [-0.2, -0.15) is 0 Å². The van der Waals surface area contributed by atoms with E-state index in [0.29, 0.717) is 0 Å². The molecule has 114 valence electrons. The van der Waals surface area contributed by atoms with Crippen molar-refractivity contribution >= 4 is 16.1 Å². The van der Waals surface area contributed by atoms with Crippen LogP contribution in [0.5, 0.6) is 0 Å². The summed E-state index contributed by atoms with van der Waals surface area (Å²) in [5, 5.41) is 3.72. The van der Waals surface area contributed by atoms with E-state index in [9.17, 15) is 0 Å². The molecule has 0 unspecified atom stereocenters. The van der Waals surface area contributed by atoms with Gasteiger partial charge >= 0.3 is 0 Å². The molecule has 0 bridgehead atoms. The maximum Gasteiger partial charge on any atom is 0.0851 e. The van der Waals surface area contributed by atoms with Crippen molar-refractivity contribution in [2.24, 2.45) is 0 Å². The van der Waals surface area contributed by atoms with E-state index < -0.39 is 16.1 Å². The maximum atomic E-state index is 3.97. The smallest absolute Gasteiger partial charge is 0.0851 e. The van der Waals surface area contributed by atoms with E-state index >= 15 is 0 Å². The third kappa shape index (κ3) is 5.20. The zero-order valence-corrected chi connectivity index (χ0v) is 16.6. The van der Waals surface area contributed by atoms with Crippen molar-refractivity contribution in [1.29, 1.82) is 0 Å². The molecule has 0 spiro atoms. The molecule has 0 aliphatic rings. The molecule has 0 radical (unpaired) electrons. The van der Waals surface area contributed by atoms with Crippen molar-refractivity contribution < 1.29 is 0 Å². The monoisotopic (exact) mass is 299 g/mol. The van der Waals surface area contributed by atoms with E-state index in [1.54, 1.807) is 0 Å². The van der Waals surface area contributed by atoms with Gasteiger partial charge in [0, 0.05) is 0 Å². The summed E-state index contributed by atoms with van der Waals surface area (Å²) in [5.41, 5.74) is 4.81. The van der Waals surface area contributed by atoms with Crippen molar-refractivity contribution in [3.05, 3.63) is 12.3 Å². The molecule has 0 saturated heterocycles. The zero-order chi connectivity index (χ0) is 15.3. The number of hydrogen-bond donors (Lipinski definition) is 1. The molecule has 0 fully saturated rings. The second-order valence-electron chi connectivity index (χ2n) is 7.70. The van der Waals surface area contributed by atoms with Gasteiger partial charge in [0.05, 0.1) is 16.1 Å². The summed E-state index contributed by atoms with van der Waals surface area (Å²) >= 11 is 0. The summed E-state index contributed by atoms with van der Waals surface area (Å²) in [6, 6.07) is 1.42. The van der Waals surface area contributed by atoms with E-state index in [4.69, 9.17) is 0 Å². The fourth-order valence-corrected chi connectivity index (χ4v) is 11.0. The van der Waals surface area contributed by atoms with Crippen LogP contribution in [0.1, 0.15) is 41.5 Å². The lowest BCUT2D eigenvalue weighted by Gasteiger charge is -2.43. The predicted octanol–water partition coefficient (Wildman–Crippen LogP) is 5.23. The van der Waals surface area contributed by atoms with Crippen molar-refractivity contribution in [1.82, 2.24) is 5.32 Å². The van der Waals surface area contributed by atoms with Gasteiger partial charge in [0.15, 0.2) is 0 Å².